The minimum absolute atomic E-state index is 0.204. The summed E-state index contributed by atoms with van der Waals surface area (Å²) in [5.74, 6) is 0. The zero-order chi connectivity index (χ0) is 22.9. The lowest BCUT2D eigenvalue weighted by Gasteiger charge is -2.42. The van der Waals surface area contributed by atoms with E-state index in [1.54, 1.807) is 29.2 Å². The summed E-state index contributed by atoms with van der Waals surface area (Å²) in [6.07, 6.45) is 4.75. The molecule has 4 N–H and O–H groups in total. The molecule has 1 fully saturated rings. The van der Waals surface area contributed by atoms with E-state index in [2.05, 4.69) is 20.8 Å². The van der Waals surface area contributed by atoms with Gasteiger partial charge in [0.25, 0.3) is 0 Å². The lowest BCUT2D eigenvalue weighted by Crippen LogP contribution is -2.61. The molecule has 1 unspecified atom stereocenters. The van der Waals surface area contributed by atoms with E-state index >= 15 is 0 Å². The first kappa shape index (κ1) is 23.9. The normalized spacial score (nSPS) is 23.7. The Morgan fingerprint density at radius 2 is 1.97 bits per heavy atom. The van der Waals surface area contributed by atoms with E-state index in [0.29, 0.717) is 24.5 Å². The molecule has 4 atom stereocenters. The van der Waals surface area contributed by atoms with Gasteiger partial charge in [0.05, 0.1) is 30.1 Å². The molecular formula is C21H30N6O5. The van der Waals surface area contributed by atoms with Crippen LogP contribution in [0.25, 0.3) is 5.69 Å². The predicted molar refractivity (Wildman–Crippen MR) is 120 cm³/mol. The third-order valence-electron chi connectivity index (χ3n) is 5.87. The first-order valence-corrected chi connectivity index (χ1v) is 10.8. The Bertz CT molecular complexity index is 864. The zero-order valence-electron chi connectivity index (χ0n) is 17.8. The van der Waals surface area contributed by atoms with E-state index in [-0.39, 0.29) is 13.2 Å². The van der Waals surface area contributed by atoms with Gasteiger partial charge in [-0.15, -0.1) is 4.91 Å². The molecule has 1 aliphatic rings. The molecule has 0 spiro atoms. The molecule has 1 aliphatic heterocycles. The third-order valence-corrected chi connectivity index (χ3v) is 5.87. The fourth-order valence-electron chi connectivity index (χ4n) is 4.09. The largest absolute Gasteiger partial charge is 0.395 e. The van der Waals surface area contributed by atoms with Gasteiger partial charge in [-0.1, -0.05) is 18.0 Å². The van der Waals surface area contributed by atoms with Crippen molar-refractivity contribution in [1.29, 1.82) is 0 Å². The van der Waals surface area contributed by atoms with Gasteiger partial charge in [-0.3, -0.25) is 4.90 Å². The number of piperidine rings is 1. The maximum Gasteiger partial charge on any atom is 0.138 e. The first-order valence-electron chi connectivity index (χ1n) is 10.8. The Balaban J connectivity index is 1.39. The van der Waals surface area contributed by atoms with Crippen LogP contribution in [0, 0.1) is 9.81 Å². The molecule has 3 rings (SSSR count). The zero-order valence-corrected chi connectivity index (χ0v) is 17.8. The number of aromatic nitrogens is 2. The molecule has 1 aromatic heterocycles. The number of β-amino-alcohol motifs (C(OH)–C–C–N with tert-alkyl or cyclic N) is 1. The van der Waals surface area contributed by atoms with Crippen LogP contribution in [-0.2, 0) is 0 Å². The quantitative estimate of drug-likeness (QED) is 0.284. The fraction of sp³-hybridized carbons (Fsp3) is 0.571. The average Bonchev–Trinajstić information content (AvgIpc) is 3.35. The first-order chi connectivity index (χ1) is 15.6. The number of nitrogens with zero attached hydrogens (tertiary/aromatic N) is 5. The molecule has 2 heterocycles. The summed E-state index contributed by atoms with van der Waals surface area (Å²) >= 11 is 0. The van der Waals surface area contributed by atoms with Gasteiger partial charge in [0.2, 0.25) is 0 Å². The number of benzene rings is 1. The molecular weight excluding hydrogens is 416 g/mol. The highest BCUT2D eigenvalue weighted by Crippen LogP contribution is 2.27. The van der Waals surface area contributed by atoms with Crippen LogP contribution in [0.15, 0.2) is 47.0 Å². The number of nitroso groups, excluding NO2 is 2. The number of hydrogen-bond acceptors (Lipinski definition) is 10. The summed E-state index contributed by atoms with van der Waals surface area (Å²) < 4.78 is 1.66. The van der Waals surface area contributed by atoms with Crippen LogP contribution >= 0.6 is 0 Å². The molecule has 0 radical (unpaired) electrons. The molecule has 0 saturated carbocycles. The number of aliphatic hydroxyl groups is 3. The van der Waals surface area contributed by atoms with Gasteiger partial charge in [0.15, 0.2) is 0 Å². The van der Waals surface area contributed by atoms with E-state index in [4.69, 9.17) is 0 Å². The van der Waals surface area contributed by atoms with Crippen molar-refractivity contribution in [3.63, 3.8) is 0 Å². The van der Waals surface area contributed by atoms with Crippen molar-refractivity contribution in [1.82, 2.24) is 14.7 Å². The second-order valence-corrected chi connectivity index (χ2v) is 7.98. The highest BCUT2D eigenvalue weighted by Gasteiger charge is 2.42. The molecule has 0 aliphatic carbocycles. The number of likely N-dealkylation sites (tertiary alicyclic amines) is 1. The summed E-state index contributed by atoms with van der Waals surface area (Å²) in [4.78, 5) is 24.1. The van der Waals surface area contributed by atoms with Gasteiger partial charge in [0, 0.05) is 25.5 Å². The Hall–Kier alpha value is -2.73. The fourth-order valence-corrected chi connectivity index (χ4v) is 4.09. The molecule has 32 heavy (non-hydrogen) atoms. The van der Waals surface area contributed by atoms with Crippen LogP contribution in [0.5, 0.6) is 0 Å². The van der Waals surface area contributed by atoms with Gasteiger partial charge in [-0.2, -0.15) is 10.0 Å². The standard InChI is InChI=1S/C21H30N6O5/c28-14-18-20(25-32)21(30)19(29)13-26(18)10-4-2-1-3-8-22-16-7-6-15(12-17(16)24-31)27-11-5-9-23-27/h5-7,9,11-12,18-22,28-30H,1-4,8,10,13-14H2/t18-,19+,20?,21-/m1/s1. The van der Waals surface area contributed by atoms with Gasteiger partial charge in [-0.25, -0.2) is 4.68 Å². The second kappa shape index (κ2) is 11.8. The number of hydrogen-bond donors (Lipinski definition) is 4. The summed E-state index contributed by atoms with van der Waals surface area (Å²) in [6, 6.07) is 5.56. The average molecular weight is 447 g/mol. The molecule has 11 nitrogen and oxygen atoms in total. The lowest BCUT2D eigenvalue weighted by molar-refractivity contribution is -0.0837. The number of nitrogens with one attached hydrogen (secondary N) is 1. The molecule has 174 valence electrons. The number of aliphatic hydroxyl groups excluding tert-OH is 3. The van der Waals surface area contributed by atoms with Crippen LogP contribution in [0.1, 0.15) is 25.7 Å². The van der Waals surface area contributed by atoms with Crippen molar-refractivity contribution in [3.8, 4) is 5.69 Å². The lowest BCUT2D eigenvalue weighted by atomic mass is 9.92. The second-order valence-electron chi connectivity index (χ2n) is 7.98. The van der Waals surface area contributed by atoms with E-state index in [0.717, 1.165) is 31.4 Å². The third kappa shape index (κ3) is 5.74. The van der Waals surface area contributed by atoms with E-state index in [1.165, 1.54) is 0 Å². The molecule has 11 heteroatoms. The van der Waals surface area contributed by atoms with Crippen molar-refractivity contribution >= 4 is 11.4 Å². The summed E-state index contributed by atoms with van der Waals surface area (Å²) in [6.45, 7) is 1.20. The maximum atomic E-state index is 11.2. The monoisotopic (exact) mass is 446 g/mol. The highest BCUT2D eigenvalue weighted by molar-refractivity contribution is 5.68. The van der Waals surface area contributed by atoms with Crippen LogP contribution < -0.4 is 5.32 Å². The number of anilines is 1. The minimum atomic E-state index is -1.24. The summed E-state index contributed by atoms with van der Waals surface area (Å²) in [5.41, 5.74) is 1.77. The predicted octanol–water partition coefficient (Wildman–Crippen LogP) is 1.78. The van der Waals surface area contributed by atoms with E-state index < -0.39 is 24.3 Å². The van der Waals surface area contributed by atoms with Crippen LogP contribution in [-0.4, -0.2) is 80.5 Å². The van der Waals surface area contributed by atoms with E-state index in [9.17, 15) is 25.1 Å². The SMILES string of the molecule is O=Nc1cc(-n2cccn2)ccc1NCCCCCCN1C[C@H](O)[C@@H](O)C(N=O)[C@H]1CO. The van der Waals surface area contributed by atoms with E-state index in [1.807, 2.05) is 17.0 Å². The number of unbranched alkanes of at least 4 members (excludes halogenated alkanes) is 3. The Labute approximate surface area is 186 Å². The smallest absolute Gasteiger partial charge is 0.138 e. The van der Waals surface area contributed by atoms with Gasteiger partial charge < -0.3 is 20.6 Å². The summed E-state index contributed by atoms with van der Waals surface area (Å²) in [7, 11) is 0. The van der Waals surface area contributed by atoms with Crippen LogP contribution in [0.2, 0.25) is 0 Å². The van der Waals surface area contributed by atoms with Gasteiger partial charge >= 0.3 is 0 Å². The molecule has 1 aromatic carbocycles. The maximum absolute atomic E-state index is 11.2. The van der Waals surface area contributed by atoms with Crippen molar-refractivity contribution in [2.24, 2.45) is 10.4 Å². The van der Waals surface area contributed by atoms with Crippen molar-refractivity contribution in [2.45, 2.75) is 50.0 Å². The van der Waals surface area contributed by atoms with Crippen LogP contribution in [0.4, 0.5) is 11.4 Å². The Morgan fingerprint density at radius 1 is 1.16 bits per heavy atom. The molecule has 2 aromatic rings. The Morgan fingerprint density at radius 3 is 2.66 bits per heavy atom. The van der Waals surface area contributed by atoms with Gasteiger partial charge in [0.1, 0.15) is 17.8 Å². The Kier molecular flexibility index (Phi) is 8.80. The molecule has 1 saturated heterocycles. The molecule has 0 amide bonds. The van der Waals surface area contributed by atoms with Crippen molar-refractivity contribution in [2.75, 3.05) is 31.6 Å². The minimum Gasteiger partial charge on any atom is -0.395 e. The van der Waals surface area contributed by atoms with Crippen molar-refractivity contribution < 1.29 is 15.3 Å². The highest BCUT2D eigenvalue weighted by atomic mass is 16.3. The van der Waals surface area contributed by atoms with Crippen LogP contribution in [0.3, 0.4) is 0 Å². The number of rotatable bonds is 12. The summed E-state index contributed by atoms with van der Waals surface area (Å²) in [5, 5.41) is 42.8. The van der Waals surface area contributed by atoms with Crippen molar-refractivity contribution in [3.05, 3.63) is 46.5 Å². The topological polar surface area (TPSA) is 153 Å². The molecule has 0 bridgehead atoms. The van der Waals surface area contributed by atoms with Gasteiger partial charge in [-0.05, 0) is 48.8 Å².